The van der Waals surface area contributed by atoms with Gasteiger partial charge in [-0.2, -0.15) is 13.2 Å². The zero-order valence-electron chi connectivity index (χ0n) is 10.9. The summed E-state index contributed by atoms with van der Waals surface area (Å²) in [6, 6.07) is -0.545. The molecule has 0 spiro atoms. The Morgan fingerprint density at radius 1 is 1.55 bits per heavy atom. The van der Waals surface area contributed by atoms with Crippen molar-refractivity contribution in [3.63, 3.8) is 0 Å². The van der Waals surface area contributed by atoms with E-state index < -0.39 is 18.0 Å². The second kappa shape index (κ2) is 6.92. The van der Waals surface area contributed by atoms with Gasteiger partial charge in [-0.05, 0) is 12.8 Å². The topological polar surface area (TPSA) is 82.7 Å². The summed E-state index contributed by atoms with van der Waals surface area (Å²) in [5, 5.41) is 10.2. The lowest BCUT2D eigenvalue weighted by Crippen LogP contribution is -2.41. The van der Waals surface area contributed by atoms with E-state index >= 15 is 0 Å². The Kier molecular flexibility index (Phi) is 5.53. The number of amides is 2. The van der Waals surface area contributed by atoms with Gasteiger partial charge in [0.25, 0.3) is 5.82 Å². The van der Waals surface area contributed by atoms with Crippen LogP contribution in [0.15, 0.2) is 12.7 Å². The number of aromatic nitrogens is 3. The summed E-state index contributed by atoms with van der Waals surface area (Å²) in [6.45, 7) is 5.31. The van der Waals surface area contributed by atoms with Crippen LogP contribution in [0.2, 0.25) is 0 Å². The average Bonchev–Trinajstić information content (AvgIpc) is 2.84. The number of aromatic amines is 1. The second-order valence-corrected chi connectivity index (χ2v) is 4.06. The van der Waals surface area contributed by atoms with Crippen LogP contribution < -0.4 is 10.6 Å². The number of hydrogen-bond acceptors (Lipinski definition) is 3. The van der Waals surface area contributed by atoms with Crippen molar-refractivity contribution in [2.45, 2.75) is 38.5 Å². The molecule has 0 fully saturated rings. The number of carbonyl (C=O) groups excluding carboxylic acids is 1. The molecule has 112 valence electrons. The van der Waals surface area contributed by atoms with Crippen molar-refractivity contribution in [3.8, 4) is 0 Å². The van der Waals surface area contributed by atoms with Gasteiger partial charge in [-0.25, -0.2) is 9.78 Å². The molecule has 1 aromatic heterocycles. The fraction of sp³-hybridized carbons (Fsp3) is 0.545. The maximum atomic E-state index is 12.2. The highest BCUT2D eigenvalue weighted by atomic mass is 19.4. The van der Waals surface area contributed by atoms with Crippen LogP contribution >= 0.6 is 0 Å². The van der Waals surface area contributed by atoms with Crippen molar-refractivity contribution in [1.29, 1.82) is 0 Å². The first-order valence-corrected chi connectivity index (χ1v) is 6.00. The van der Waals surface area contributed by atoms with Crippen LogP contribution in [0, 0.1) is 0 Å². The summed E-state index contributed by atoms with van der Waals surface area (Å²) in [5.74, 6) is -1.32. The number of rotatable bonds is 6. The fourth-order valence-electron chi connectivity index (χ4n) is 1.43. The van der Waals surface area contributed by atoms with Crippen molar-refractivity contribution >= 4 is 6.03 Å². The van der Waals surface area contributed by atoms with Crippen LogP contribution in [0.25, 0.3) is 0 Å². The van der Waals surface area contributed by atoms with Gasteiger partial charge in [-0.3, -0.25) is 5.10 Å². The third-order valence-corrected chi connectivity index (χ3v) is 2.48. The van der Waals surface area contributed by atoms with Crippen molar-refractivity contribution in [2.75, 3.05) is 0 Å². The molecule has 0 aliphatic rings. The summed E-state index contributed by atoms with van der Waals surface area (Å²) < 4.78 is 36.7. The summed E-state index contributed by atoms with van der Waals surface area (Å²) in [5.41, 5.74) is 0. The van der Waals surface area contributed by atoms with Crippen molar-refractivity contribution in [1.82, 2.24) is 25.8 Å². The quantitative estimate of drug-likeness (QED) is 0.701. The van der Waals surface area contributed by atoms with E-state index in [1.165, 1.54) is 0 Å². The zero-order valence-corrected chi connectivity index (χ0v) is 10.9. The molecule has 0 saturated carbocycles. The Bertz CT molecular complexity index is 457. The second-order valence-electron chi connectivity index (χ2n) is 4.06. The molecule has 3 N–H and O–H groups in total. The van der Waals surface area contributed by atoms with Gasteiger partial charge in [-0.15, -0.1) is 11.7 Å². The number of nitrogens with zero attached hydrogens (tertiary/aromatic N) is 2. The average molecular weight is 291 g/mol. The molecule has 9 heteroatoms. The highest BCUT2D eigenvalue weighted by molar-refractivity contribution is 5.74. The molecular weight excluding hydrogens is 275 g/mol. The minimum absolute atomic E-state index is 0.0621. The molecule has 0 aliphatic carbocycles. The van der Waals surface area contributed by atoms with Crippen molar-refractivity contribution in [3.05, 3.63) is 24.3 Å². The first-order valence-electron chi connectivity index (χ1n) is 6.00. The Morgan fingerprint density at radius 3 is 2.75 bits per heavy atom. The lowest BCUT2D eigenvalue weighted by molar-refractivity contribution is -0.144. The summed E-state index contributed by atoms with van der Waals surface area (Å²) in [6.07, 6.45) is -1.58. The predicted octanol–water partition coefficient (Wildman–Crippen LogP) is 1.98. The van der Waals surface area contributed by atoms with E-state index in [0.29, 0.717) is 6.42 Å². The maximum absolute atomic E-state index is 12.2. The number of nitrogens with one attached hydrogen (secondary N) is 3. The SMILES string of the molecule is C=CC[C@@H](CC)NC(=O)NCc1nc(C(F)(F)F)n[nH]1. The molecule has 2 amide bonds. The zero-order chi connectivity index (χ0) is 15.2. The van der Waals surface area contributed by atoms with Crippen molar-refractivity contribution in [2.24, 2.45) is 0 Å². The van der Waals surface area contributed by atoms with Crippen LogP contribution in [0.5, 0.6) is 0 Å². The number of hydrogen-bond donors (Lipinski definition) is 3. The van der Waals surface area contributed by atoms with Crippen LogP contribution in [0.3, 0.4) is 0 Å². The van der Waals surface area contributed by atoms with Gasteiger partial charge in [0.2, 0.25) is 0 Å². The van der Waals surface area contributed by atoms with E-state index in [-0.39, 0.29) is 18.4 Å². The molecule has 0 radical (unpaired) electrons. The Morgan fingerprint density at radius 2 is 2.25 bits per heavy atom. The number of H-pyrrole nitrogens is 1. The minimum Gasteiger partial charge on any atom is -0.335 e. The molecule has 20 heavy (non-hydrogen) atoms. The van der Waals surface area contributed by atoms with Gasteiger partial charge in [0, 0.05) is 6.04 Å². The van der Waals surface area contributed by atoms with Gasteiger partial charge in [-0.1, -0.05) is 13.0 Å². The third kappa shape index (κ3) is 4.90. The number of halogens is 3. The van der Waals surface area contributed by atoms with E-state index in [0.717, 1.165) is 6.42 Å². The van der Waals surface area contributed by atoms with Gasteiger partial charge in [0.1, 0.15) is 5.82 Å². The predicted molar refractivity (Wildman–Crippen MR) is 65.6 cm³/mol. The molecule has 1 rings (SSSR count). The highest BCUT2D eigenvalue weighted by Crippen LogP contribution is 2.25. The molecular formula is C11H16F3N5O. The fourth-order valence-corrected chi connectivity index (χ4v) is 1.43. The van der Waals surface area contributed by atoms with Crippen LogP contribution in [0.4, 0.5) is 18.0 Å². The van der Waals surface area contributed by atoms with E-state index in [1.54, 1.807) is 6.08 Å². The summed E-state index contributed by atoms with van der Waals surface area (Å²) in [7, 11) is 0. The molecule has 0 bridgehead atoms. The number of alkyl halides is 3. The molecule has 0 saturated heterocycles. The van der Waals surface area contributed by atoms with Gasteiger partial charge < -0.3 is 10.6 Å². The normalized spacial score (nSPS) is 12.8. The first kappa shape index (κ1) is 16.0. The minimum atomic E-state index is -4.60. The Balaban J connectivity index is 2.45. The smallest absolute Gasteiger partial charge is 0.335 e. The van der Waals surface area contributed by atoms with Gasteiger partial charge in [0.05, 0.1) is 6.54 Å². The summed E-state index contributed by atoms with van der Waals surface area (Å²) >= 11 is 0. The van der Waals surface area contributed by atoms with Crippen molar-refractivity contribution < 1.29 is 18.0 Å². The van der Waals surface area contributed by atoms with E-state index in [2.05, 4.69) is 32.4 Å². The van der Waals surface area contributed by atoms with E-state index in [1.807, 2.05) is 6.92 Å². The highest BCUT2D eigenvalue weighted by Gasteiger charge is 2.35. The molecule has 1 aromatic rings. The molecule has 0 unspecified atom stereocenters. The standard InChI is InChI=1S/C11H16F3N5O/c1-3-5-7(4-2)16-10(20)15-6-8-17-9(19-18-8)11(12,13)14/h3,7H,1,4-6H2,2H3,(H2,15,16,20)(H,17,18,19)/t7-/m1/s1. The van der Waals surface area contributed by atoms with Crippen LogP contribution in [0.1, 0.15) is 31.4 Å². The Labute approximate surface area is 113 Å². The third-order valence-electron chi connectivity index (χ3n) is 2.48. The number of urea groups is 1. The van der Waals surface area contributed by atoms with Crippen LogP contribution in [-0.2, 0) is 12.7 Å². The van der Waals surface area contributed by atoms with E-state index in [4.69, 9.17) is 0 Å². The Hall–Kier alpha value is -2.06. The molecule has 1 heterocycles. The molecule has 6 nitrogen and oxygen atoms in total. The molecule has 0 aromatic carbocycles. The van der Waals surface area contributed by atoms with Crippen LogP contribution in [-0.4, -0.2) is 27.3 Å². The number of carbonyl (C=O) groups is 1. The lowest BCUT2D eigenvalue weighted by Gasteiger charge is -2.15. The van der Waals surface area contributed by atoms with Gasteiger partial charge >= 0.3 is 12.2 Å². The summed E-state index contributed by atoms with van der Waals surface area (Å²) in [4.78, 5) is 14.8. The van der Waals surface area contributed by atoms with Gasteiger partial charge in [0.15, 0.2) is 0 Å². The molecule has 0 aliphatic heterocycles. The lowest BCUT2D eigenvalue weighted by atomic mass is 10.1. The monoisotopic (exact) mass is 291 g/mol. The molecule has 1 atom stereocenters. The maximum Gasteiger partial charge on any atom is 0.453 e. The largest absolute Gasteiger partial charge is 0.453 e. The van der Waals surface area contributed by atoms with E-state index in [9.17, 15) is 18.0 Å². The first-order chi connectivity index (χ1) is 9.36.